The lowest BCUT2D eigenvalue weighted by atomic mass is 10.2. The summed E-state index contributed by atoms with van der Waals surface area (Å²) in [5, 5.41) is 0.215. The SMILES string of the molecule is C[C@@H](CC=N[S@](=O)C(C)(C)C)O[Si](C)(C)C(C)(C)C. The van der Waals surface area contributed by atoms with Gasteiger partial charge in [-0.15, -0.1) is 0 Å². The van der Waals surface area contributed by atoms with E-state index in [1.807, 2.05) is 20.8 Å². The Balaban J connectivity index is 4.39. The molecular formula is C14H31NO2SSi. The van der Waals surface area contributed by atoms with Gasteiger partial charge >= 0.3 is 0 Å². The Bertz CT molecular complexity index is 340. The smallest absolute Gasteiger partial charge is 0.192 e. The molecule has 0 radical (unpaired) electrons. The van der Waals surface area contributed by atoms with E-state index in [1.54, 1.807) is 6.21 Å². The molecule has 0 aliphatic rings. The first-order valence-corrected chi connectivity index (χ1v) is 10.9. The molecule has 0 aromatic heterocycles. The van der Waals surface area contributed by atoms with Crippen LogP contribution in [0, 0.1) is 0 Å². The van der Waals surface area contributed by atoms with Crippen molar-refractivity contribution in [3.8, 4) is 0 Å². The van der Waals surface area contributed by atoms with Crippen molar-refractivity contribution in [1.82, 2.24) is 0 Å². The second-order valence-electron chi connectivity index (χ2n) is 7.57. The predicted molar refractivity (Wildman–Crippen MR) is 88.7 cm³/mol. The van der Waals surface area contributed by atoms with Gasteiger partial charge in [0, 0.05) is 18.7 Å². The highest BCUT2D eigenvalue weighted by atomic mass is 32.2. The van der Waals surface area contributed by atoms with Crippen molar-refractivity contribution < 1.29 is 8.63 Å². The summed E-state index contributed by atoms with van der Waals surface area (Å²) in [5.74, 6) is 0. The van der Waals surface area contributed by atoms with Crippen LogP contribution in [0.3, 0.4) is 0 Å². The third kappa shape index (κ3) is 6.81. The Hall–Kier alpha value is -0.00312. The fourth-order valence-corrected chi connectivity index (χ4v) is 3.14. The Labute approximate surface area is 123 Å². The topological polar surface area (TPSA) is 38.7 Å². The van der Waals surface area contributed by atoms with Crippen LogP contribution in [0.4, 0.5) is 0 Å². The van der Waals surface area contributed by atoms with Crippen LogP contribution in [0.1, 0.15) is 54.9 Å². The van der Waals surface area contributed by atoms with E-state index in [0.717, 1.165) is 0 Å². The number of rotatable bonds is 5. The van der Waals surface area contributed by atoms with E-state index < -0.39 is 19.3 Å². The van der Waals surface area contributed by atoms with E-state index in [2.05, 4.69) is 45.2 Å². The average molecular weight is 306 g/mol. The van der Waals surface area contributed by atoms with Crippen molar-refractivity contribution >= 4 is 25.5 Å². The van der Waals surface area contributed by atoms with Crippen molar-refractivity contribution in [2.24, 2.45) is 4.40 Å². The lowest BCUT2D eigenvalue weighted by Gasteiger charge is -2.38. The molecule has 0 heterocycles. The molecule has 0 aliphatic heterocycles. The van der Waals surface area contributed by atoms with Crippen molar-refractivity contribution in [1.29, 1.82) is 0 Å². The summed E-state index contributed by atoms with van der Waals surface area (Å²) in [6, 6.07) is 0. The standard InChI is InChI=1S/C14H31NO2SSi/c1-12(17-19(8,9)14(5,6)7)10-11-15-18(16)13(2,3)4/h11-12H,10H2,1-9H3/t12-,18+/m0/s1. The van der Waals surface area contributed by atoms with Crippen LogP contribution < -0.4 is 0 Å². The van der Waals surface area contributed by atoms with Crippen LogP contribution in [0.5, 0.6) is 0 Å². The summed E-state index contributed by atoms with van der Waals surface area (Å²) in [7, 11) is -2.89. The molecule has 0 amide bonds. The van der Waals surface area contributed by atoms with Gasteiger partial charge in [-0.3, -0.25) is 0 Å². The van der Waals surface area contributed by atoms with Crippen LogP contribution in [-0.4, -0.2) is 29.6 Å². The molecular weight excluding hydrogens is 274 g/mol. The highest BCUT2D eigenvalue weighted by Crippen LogP contribution is 2.37. The molecule has 19 heavy (non-hydrogen) atoms. The molecule has 0 N–H and O–H groups in total. The normalized spacial score (nSPS) is 17.7. The van der Waals surface area contributed by atoms with E-state index in [-0.39, 0.29) is 15.9 Å². The second-order valence-corrected chi connectivity index (χ2v) is 14.3. The largest absolute Gasteiger partial charge is 0.414 e. The van der Waals surface area contributed by atoms with Crippen molar-refractivity contribution in [3.05, 3.63) is 0 Å². The van der Waals surface area contributed by atoms with Gasteiger partial charge in [-0.2, -0.15) is 4.40 Å². The summed E-state index contributed by atoms with van der Waals surface area (Å²) in [6.07, 6.45) is 2.59. The molecule has 2 atom stereocenters. The Morgan fingerprint density at radius 3 is 2.05 bits per heavy atom. The van der Waals surface area contributed by atoms with E-state index >= 15 is 0 Å². The highest BCUT2D eigenvalue weighted by molar-refractivity contribution is 7.85. The molecule has 5 heteroatoms. The van der Waals surface area contributed by atoms with Gasteiger partial charge in [0.25, 0.3) is 0 Å². The van der Waals surface area contributed by atoms with Gasteiger partial charge in [-0.25, -0.2) is 4.21 Å². The van der Waals surface area contributed by atoms with Gasteiger partial charge in [-0.05, 0) is 45.8 Å². The van der Waals surface area contributed by atoms with Crippen LogP contribution >= 0.6 is 0 Å². The van der Waals surface area contributed by atoms with Crippen LogP contribution in [0.15, 0.2) is 4.40 Å². The summed E-state index contributed by atoms with van der Waals surface area (Å²) >= 11 is 0. The molecule has 0 unspecified atom stereocenters. The van der Waals surface area contributed by atoms with Crippen molar-refractivity contribution in [2.75, 3.05) is 0 Å². The molecule has 0 bridgehead atoms. The second kappa shape index (κ2) is 6.63. The molecule has 114 valence electrons. The fraction of sp³-hybridized carbons (Fsp3) is 0.929. The fourth-order valence-electron chi connectivity index (χ4n) is 1.15. The molecule has 0 saturated carbocycles. The summed E-state index contributed by atoms with van der Waals surface area (Å²) in [5.41, 5.74) is 0. The van der Waals surface area contributed by atoms with Gasteiger partial charge in [-0.1, -0.05) is 20.8 Å². The van der Waals surface area contributed by atoms with E-state index in [9.17, 15) is 4.21 Å². The average Bonchev–Trinajstić information content (AvgIpc) is 2.12. The molecule has 0 fully saturated rings. The minimum absolute atomic E-state index is 0.126. The Kier molecular flexibility index (Phi) is 6.63. The first-order valence-electron chi connectivity index (χ1n) is 6.90. The lowest BCUT2D eigenvalue weighted by Crippen LogP contribution is -2.43. The number of hydrogen-bond donors (Lipinski definition) is 0. The van der Waals surface area contributed by atoms with Crippen LogP contribution in [0.2, 0.25) is 18.1 Å². The minimum atomic E-state index is -1.72. The van der Waals surface area contributed by atoms with Crippen LogP contribution in [0.25, 0.3) is 0 Å². The van der Waals surface area contributed by atoms with Crippen molar-refractivity contribution in [2.45, 2.75) is 83.9 Å². The van der Waals surface area contributed by atoms with Gasteiger partial charge in [0.15, 0.2) is 8.32 Å². The zero-order valence-electron chi connectivity index (χ0n) is 14.0. The van der Waals surface area contributed by atoms with Crippen LogP contribution in [-0.2, 0) is 15.4 Å². The highest BCUT2D eigenvalue weighted by Gasteiger charge is 2.38. The Morgan fingerprint density at radius 1 is 1.21 bits per heavy atom. The van der Waals surface area contributed by atoms with Gasteiger partial charge in [0.1, 0.15) is 11.0 Å². The minimum Gasteiger partial charge on any atom is -0.414 e. The molecule has 3 nitrogen and oxygen atoms in total. The van der Waals surface area contributed by atoms with E-state index in [1.165, 1.54) is 0 Å². The quantitative estimate of drug-likeness (QED) is 0.560. The molecule has 0 aliphatic carbocycles. The summed E-state index contributed by atoms with van der Waals surface area (Å²) < 4.78 is 21.8. The lowest BCUT2D eigenvalue weighted by molar-refractivity contribution is 0.207. The summed E-state index contributed by atoms with van der Waals surface area (Å²) in [6.45, 7) is 19.0. The third-order valence-electron chi connectivity index (χ3n) is 3.43. The molecule has 0 aromatic rings. The first kappa shape index (κ1) is 19.0. The van der Waals surface area contributed by atoms with Gasteiger partial charge in [0.2, 0.25) is 0 Å². The molecule has 0 saturated heterocycles. The number of hydrogen-bond acceptors (Lipinski definition) is 2. The molecule has 0 aromatic carbocycles. The molecule has 0 spiro atoms. The third-order valence-corrected chi connectivity index (χ3v) is 9.43. The van der Waals surface area contributed by atoms with Crippen molar-refractivity contribution in [3.63, 3.8) is 0 Å². The first-order chi connectivity index (χ1) is 8.27. The van der Waals surface area contributed by atoms with E-state index in [0.29, 0.717) is 6.42 Å². The van der Waals surface area contributed by atoms with Gasteiger partial charge in [0.05, 0.1) is 4.75 Å². The maximum Gasteiger partial charge on any atom is 0.192 e. The van der Waals surface area contributed by atoms with E-state index in [4.69, 9.17) is 4.43 Å². The number of nitrogens with zero attached hydrogens (tertiary/aromatic N) is 1. The monoisotopic (exact) mass is 305 g/mol. The zero-order valence-corrected chi connectivity index (χ0v) is 15.9. The molecule has 0 rings (SSSR count). The Morgan fingerprint density at radius 2 is 1.68 bits per heavy atom. The maximum atomic E-state index is 11.8. The maximum absolute atomic E-state index is 11.8. The summed E-state index contributed by atoms with van der Waals surface area (Å²) in [4.78, 5) is 0. The zero-order chi connectivity index (χ0) is 15.5. The van der Waals surface area contributed by atoms with Gasteiger partial charge < -0.3 is 4.43 Å². The predicted octanol–water partition coefficient (Wildman–Crippen LogP) is 4.32.